The van der Waals surface area contributed by atoms with Crippen LogP contribution in [0.3, 0.4) is 0 Å². The number of hydrogen-bond acceptors (Lipinski definition) is 6. The molecule has 0 radical (unpaired) electrons. The van der Waals surface area contributed by atoms with Crippen LogP contribution in [0.4, 0.5) is 15.3 Å². The largest absolute Gasteiger partial charge is 0.491 e. The second-order valence-corrected chi connectivity index (χ2v) is 7.30. The van der Waals surface area contributed by atoms with Crippen LogP contribution >= 0.6 is 0 Å². The summed E-state index contributed by atoms with van der Waals surface area (Å²) in [5.41, 5.74) is 2.95. The number of rotatable bonds is 10. The lowest BCUT2D eigenvalue weighted by Crippen LogP contribution is -2.45. The number of carboxylic acid groups (broad SMARTS) is 1. The van der Waals surface area contributed by atoms with E-state index in [0.717, 1.165) is 16.8 Å². The minimum Gasteiger partial charge on any atom is -0.491 e. The number of carbonyl (C=O) groups excluding carboxylic acids is 2. The maximum atomic E-state index is 12.3. The smallest absolute Gasteiger partial charge is 0.407 e. The summed E-state index contributed by atoms with van der Waals surface area (Å²) in [7, 11) is 0. The topological polar surface area (TPSA) is 139 Å². The van der Waals surface area contributed by atoms with Crippen LogP contribution < -0.4 is 20.7 Å². The molecule has 4 N–H and O–H groups in total. The van der Waals surface area contributed by atoms with E-state index in [4.69, 9.17) is 9.47 Å². The van der Waals surface area contributed by atoms with Gasteiger partial charge in [-0.3, -0.25) is 4.98 Å². The number of aliphatic carboxylic acids is 1. The standard InChI is InChI=1S/C25H26N4O6/c1-2-34-25(33)29-22(23(30)31)16-35-21-11-6-8-18(14-21)17-7-5-10-19(13-17)28-24(32)27-15-20-9-3-4-12-26-20/h3-14,22H,2,15-16H2,1H3,(H,29,33)(H,30,31)(H2,27,28,32)/t22-/m0/s1. The van der Waals surface area contributed by atoms with E-state index in [1.165, 1.54) is 0 Å². The van der Waals surface area contributed by atoms with E-state index in [-0.39, 0.29) is 19.2 Å². The predicted octanol–water partition coefficient (Wildman–Crippen LogP) is 3.65. The van der Waals surface area contributed by atoms with Crippen molar-refractivity contribution in [3.05, 3.63) is 78.6 Å². The summed E-state index contributed by atoms with van der Waals surface area (Å²) in [5.74, 6) is -0.819. The van der Waals surface area contributed by atoms with E-state index < -0.39 is 18.1 Å². The number of urea groups is 1. The first-order chi connectivity index (χ1) is 16.9. The molecule has 10 heteroatoms. The van der Waals surface area contributed by atoms with E-state index in [9.17, 15) is 19.5 Å². The number of amides is 3. The number of pyridine rings is 1. The number of aromatic nitrogens is 1. The molecule has 3 aromatic rings. The van der Waals surface area contributed by atoms with Crippen molar-refractivity contribution in [3.63, 3.8) is 0 Å². The molecule has 10 nitrogen and oxygen atoms in total. The monoisotopic (exact) mass is 478 g/mol. The molecular weight excluding hydrogens is 452 g/mol. The molecule has 2 aromatic carbocycles. The lowest BCUT2D eigenvalue weighted by Gasteiger charge is -2.15. The zero-order valence-electron chi connectivity index (χ0n) is 19.1. The summed E-state index contributed by atoms with van der Waals surface area (Å²) in [6.45, 7) is 1.77. The number of ether oxygens (including phenoxy) is 2. The fourth-order valence-corrected chi connectivity index (χ4v) is 3.06. The van der Waals surface area contributed by atoms with Crippen molar-refractivity contribution in [2.24, 2.45) is 0 Å². The molecule has 0 aliphatic rings. The summed E-state index contributed by atoms with van der Waals surface area (Å²) in [5, 5.41) is 17.1. The van der Waals surface area contributed by atoms with Gasteiger partial charge >= 0.3 is 18.1 Å². The Morgan fingerprint density at radius 3 is 2.49 bits per heavy atom. The highest BCUT2D eigenvalue weighted by Gasteiger charge is 2.21. The Morgan fingerprint density at radius 2 is 1.77 bits per heavy atom. The van der Waals surface area contributed by atoms with Crippen LogP contribution in [-0.2, 0) is 16.1 Å². The molecule has 0 spiro atoms. The molecule has 3 amide bonds. The minimum atomic E-state index is -1.27. The maximum Gasteiger partial charge on any atom is 0.407 e. The first-order valence-electron chi connectivity index (χ1n) is 10.9. The van der Waals surface area contributed by atoms with Crippen LogP contribution in [0.1, 0.15) is 12.6 Å². The van der Waals surface area contributed by atoms with Gasteiger partial charge in [0.1, 0.15) is 12.4 Å². The molecule has 1 heterocycles. The van der Waals surface area contributed by atoms with Crippen molar-refractivity contribution in [3.8, 4) is 16.9 Å². The van der Waals surface area contributed by atoms with Gasteiger partial charge < -0.3 is 30.5 Å². The molecular formula is C25H26N4O6. The van der Waals surface area contributed by atoms with Crippen LogP contribution in [0.5, 0.6) is 5.75 Å². The van der Waals surface area contributed by atoms with Crippen molar-refractivity contribution in [2.45, 2.75) is 19.5 Å². The third-order valence-corrected chi connectivity index (χ3v) is 4.73. The van der Waals surface area contributed by atoms with Gasteiger partial charge in [0.25, 0.3) is 0 Å². The average Bonchev–Trinajstić information content (AvgIpc) is 2.86. The van der Waals surface area contributed by atoms with Gasteiger partial charge in [-0.25, -0.2) is 14.4 Å². The number of nitrogens with one attached hydrogen (secondary N) is 3. The molecule has 1 aromatic heterocycles. The second-order valence-electron chi connectivity index (χ2n) is 7.30. The van der Waals surface area contributed by atoms with E-state index >= 15 is 0 Å². The number of alkyl carbamates (subject to hydrolysis) is 1. The molecule has 0 fully saturated rings. The van der Waals surface area contributed by atoms with Crippen LogP contribution in [-0.4, -0.2) is 47.4 Å². The number of benzene rings is 2. The Balaban J connectivity index is 1.61. The molecule has 0 aliphatic heterocycles. The van der Waals surface area contributed by atoms with Gasteiger partial charge in [0.05, 0.1) is 18.8 Å². The van der Waals surface area contributed by atoms with Crippen LogP contribution in [0.15, 0.2) is 72.9 Å². The molecule has 0 saturated carbocycles. The Labute approximate surface area is 202 Å². The number of carbonyl (C=O) groups is 3. The number of nitrogens with zero attached hydrogens (tertiary/aromatic N) is 1. The molecule has 182 valence electrons. The van der Waals surface area contributed by atoms with Crippen molar-refractivity contribution < 1.29 is 29.0 Å². The van der Waals surface area contributed by atoms with Crippen molar-refractivity contribution >= 4 is 23.8 Å². The van der Waals surface area contributed by atoms with E-state index in [1.807, 2.05) is 30.3 Å². The van der Waals surface area contributed by atoms with E-state index in [1.54, 1.807) is 49.5 Å². The summed E-state index contributed by atoms with van der Waals surface area (Å²) < 4.78 is 10.3. The summed E-state index contributed by atoms with van der Waals surface area (Å²) in [6, 6.07) is 18.1. The van der Waals surface area contributed by atoms with E-state index in [0.29, 0.717) is 18.0 Å². The highest BCUT2D eigenvalue weighted by molar-refractivity contribution is 5.90. The van der Waals surface area contributed by atoms with Gasteiger partial charge in [-0.05, 0) is 54.4 Å². The van der Waals surface area contributed by atoms with Gasteiger partial charge in [0.15, 0.2) is 6.04 Å². The molecule has 0 bridgehead atoms. The van der Waals surface area contributed by atoms with E-state index in [2.05, 4.69) is 20.9 Å². The first-order valence-corrected chi connectivity index (χ1v) is 10.9. The molecule has 0 saturated heterocycles. The predicted molar refractivity (Wildman–Crippen MR) is 129 cm³/mol. The number of hydrogen-bond donors (Lipinski definition) is 4. The second kappa shape index (κ2) is 12.6. The van der Waals surface area contributed by atoms with Gasteiger partial charge in [0.2, 0.25) is 0 Å². The lowest BCUT2D eigenvalue weighted by atomic mass is 10.0. The molecule has 35 heavy (non-hydrogen) atoms. The van der Waals surface area contributed by atoms with Crippen molar-refractivity contribution in [2.75, 3.05) is 18.5 Å². The Kier molecular flexibility index (Phi) is 9.00. The highest BCUT2D eigenvalue weighted by Crippen LogP contribution is 2.26. The Hall–Kier alpha value is -4.60. The SMILES string of the molecule is CCOC(=O)N[C@@H](COc1cccc(-c2cccc(NC(=O)NCc3ccccn3)c2)c1)C(=O)O. The van der Waals surface area contributed by atoms with Crippen LogP contribution in [0, 0.1) is 0 Å². The summed E-state index contributed by atoms with van der Waals surface area (Å²) in [4.78, 5) is 39.4. The Bertz CT molecular complexity index is 1160. The summed E-state index contributed by atoms with van der Waals surface area (Å²) in [6.07, 6.45) is 0.834. The van der Waals surface area contributed by atoms with Gasteiger partial charge in [0, 0.05) is 11.9 Å². The molecule has 0 aliphatic carbocycles. The first kappa shape index (κ1) is 25.0. The highest BCUT2D eigenvalue weighted by atomic mass is 16.5. The fourth-order valence-electron chi connectivity index (χ4n) is 3.06. The normalized spacial score (nSPS) is 11.1. The number of anilines is 1. The number of carboxylic acids is 1. The quantitative estimate of drug-likeness (QED) is 0.349. The zero-order valence-corrected chi connectivity index (χ0v) is 19.1. The minimum absolute atomic E-state index is 0.126. The van der Waals surface area contributed by atoms with Crippen molar-refractivity contribution in [1.29, 1.82) is 0 Å². The molecule has 0 unspecified atom stereocenters. The summed E-state index contributed by atoms with van der Waals surface area (Å²) >= 11 is 0. The molecule has 1 atom stereocenters. The van der Waals surface area contributed by atoms with Crippen molar-refractivity contribution in [1.82, 2.24) is 15.6 Å². The lowest BCUT2D eigenvalue weighted by molar-refractivity contribution is -0.140. The van der Waals surface area contributed by atoms with Crippen LogP contribution in [0.25, 0.3) is 11.1 Å². The van der Waals surface area contributed by atoms with Crippen LogP contribution in [0.2, 0.25) is 0 Å². The third-order valence-electron chi connectivity index (χ3n) is 4.73. The van der Waals surface area contributed by atoms with Gasteiger partial charge in [-0.1, -0.05) is 30.3 Å². The third kappa shape index (κ3) is 8.04. The Morgan fingerprint density at radius 1 is 1.00 bits per heavy atom. The average molecular weight is 479 g/mol. The van der Waals surface area contributed by atoms with Gasteiger partial charge in [-0.15, -0.1) is 0 Å². The zero-order chi connectivity index (χ0) is 25.0. The maximum absolute atomic E-state index is 12.3. The molecule has 3 rings (SSSR count). The van der Waals surface area contributed by atoms with Gasteiger partial charge in [-0.2, -0.15) is 0 Å². The fraction of sp³-hybridized carbons (Fsp3) is 0.200.